The number of carbonyl (C=O) groups excluding carboxylic acids is 1. The summed E-state index contributed by atoms with van der Waals surface area (Å²) in [7, 11) is 0. The molecule has 0 saturated heterocycles. The van der Waals surface area contributed by atoms with Crippen LogP contribution in [0.3, 0.4) is 0 Å². The molecular formula is C19H14ClF2N3O. The Labute approximate surface area is 153 Å². The highest BCUT2D eigenvalue weighted by Crippen LogP contribution is 2.29. The molecule has 7 heteroatoms. The van der Waals surface area contributed by atoms with Gasteiger partial charge < -0.3 is 5.32 Å². The maximum atomic E-state index is 13.1. The Morgan fingerprint density at radius 3 is 2.65 bits per heavy atom. The molecule has 3 rings (SSSR count). The maximum absolute atomic E-state index is 13.1. The van der Waals surface area contributed by atoms with Gasteiger partial charge in [0, 0.05) is 11.3 Å². The van der Waals surface area contributed by atoms with Crippen LogP contribution >= 0.6 is 11.6 Å². The minimum Gasteiger partial charge on any atom is -0.322 e. The molecule has 0 fully saturated rings. The summed E-state index contributed by atoms with van der Waals surface area (Å²) in [5.74, 6) is -0.824. The largest absolute Gasteiger partial charge is 0.322 e. The van der Waals surface area contributed by atoms with E-state index in [1.165, 1.54) is 24.3 Å². The first-order valence-electron chi connectivity index (χ1n) is 7.73. The Balaban J connectivity index is 1.87. The lowest BCUT2D eigenvalue weighted by Crippen LogP contribution is -2.14. The third-order valence-corrected chi connectivity index (χ3v) is 4.08. The first kappa shape index (κ1) is 17.9. The maximum Gasteiger partial charge on any atom is 0.257 e. The van der Waals surface area contributed by atoms with Crippen molar-refractivity contribution >= 4 is 23.2 Å². The lowest BCUT2D eigenvalue weighted by molar-refractivity contribution is 0.102. The Morgan fingerprint density at radius 2 is 2.00 bits per heavy atom. The van der Waals surface area contributed by atoms with E-state index in [0.717, 1.165) is 6.20 Å². The van der Waals surface area contributed by atoms with Gasteiger partial charge in [-0.05, 0) is 49.4 Å². The minimum atomic E-state index is -0.687. The van der Waals surface area contributed by atoms with Crippen LogP contribution in [0.5, 0.6) is 0 Å². The lowest BCUT2D eigenvalue weighted by atomic mass is 10.1. The predicted molar refractivity (Wildman–Crippen MR) is 96.4 cm³/mol. The minimum absolute atomic E-state index is 0.273. The fraction of sp³-hybridized carbons (Fsp3) is 0.105. The molecule has 132 valence electrons. The molecular weight excluding hydrogens is 360 g/mol. The fourth-order valence-electron chi connectivity index (χ4n) is 2.46. The van der Waals surface area contributed by atoms with Gasteiger partial charge >= 0.3 is 0 Å². The van der Waals surface area contributed by atoms with E-state index in [1.807, 2.05) is 0 Å². The molecule has 1 aromatic carbocycles. The monoisotopic (exact) mass is 373 g/mol. The summed E-state index contributed by atoms with van der Waals surface area (Å²) < 4.78 is 25.7. The van der Waals surface area contributed by atoms with Gasteiger partial charge in [-0.1, -0.05) is 11.6 Å². The summed E-state index contributed by atoms with van der Waals surface area (Å²) in [4.78, 5) is 20.5. The zero-order valence-corrected chi connectivity index (χ0v) is 14.5. The number of nitrogens with zero attached hydrogens (tertiary/aromatic N) is 2. The molecule has 26 heavy (non-hydrogen) atoms. The van der Waals surface area contributed by atoms with Crippen molar-refractivity contribution in [1.29, 1.82) is 0 Å². The Morgan fingerprint density at radius 1 is 1.19 bits per heavy atom. The van der Waals surface area contributed by atoms with Crippen LogP contribution in [0.1, 0.15) is 21.7 Å². The number of halogens is 3. The molecule has 0 unspecified atom stereocenters. The predicted octanol–water partition coefficient (Wildman–Crippen LogP) is 4.97. The number of alkyl halides is 1. The van der Waals surface area contributed by atoms with E-state index >= 15 is 0 Å². The highest BCUT2D eigenvalue weighted by molar-refractivity contribution is 6.33. The van der Waals surface area contributed by atoms with Crippen molar-refractivity contribution in [2.45, 2.75) is 13.6 Å². The van der Waals surface area contributed by atoms with Crippen LogP contribution in [0.2, 0.25) is 5.02 Å². The molecule has 3 aromatic rings. The number of rotatable bonds is 4. The summed E-state index contributed by atoms with van der Waals surface area (Å²) in [5, 5.41) is 3.18. The molecule has 2 aromatic heterocycles. The van der Waals surface area contributed by atoms with Crippen molar-refractivity contribution in [2.24, 2.45) is 0 Å². The van der Waals surface area contributed by atoms with Crippen molar-refractivity contribution in [3.05, 3.63) is 76.5 Å². The number of benzene rings is 1. The zero-order valence-electron chi connectivity index (χ0n) is 13.8. The number of aromatic nitrogens is 2. The SMILES string of the molecule is Cc1nc(CF)ccc1C(=O)Nc1ccc(Cl)c(-c2ccc(F)cn2)c1. The van der Waals surface area contributed by atoms with Crippen molar-refractivity contribution in [2.75, 3.05) is 5.32 Å². The zero-order chi connectivity index (χ0) is 18.7. The molecule has 1 amide bonds. The first-order chi connectivity index (χ1) is 12.5. The van der Waals surface area contributed by atoms with Gasteiger partial charge in [0.2, 0.25) is 0 Å². The highest BCUT2D eigenvalue weighted by Gasteiger charge is 2.13. The van der Waals surface area contributed by atoms with Crippen LogP contribution in [0.25, 0.3) is 11.3 Å². The van der Waals surface area contributed by atoms with Crippen LogP contribution in [0.15, 0.2) is 48.7 Å². The number of hydrogen-bond acceptors (Lipinski definition) is 3. The van der Waals surface area contributed by atoms with Gasteiger partial charge in [0.25, 0.3) is 5.91 Å². The van der Waals surface area contributed by atoms with E-state index in [9.17, 15) is 13.6 Å². The quantitative estimate of drug-likeness (QED) is 0.702. The van der Waals surface area contributed by atoms with Gasteiger partial charge in [0.15, 0.2) is 0 Å². The topological polar surface area (TPSA) is 54.9 Å². The van der Waals surface area contributed by atoms with Crippen LogP contribution in [-0.2, 0) is 6.67 Å². The summed E-state index contributed by atoms with van der Waals surface area (Å²) in [6, 6.07) is 10.7. The number of amides is 1. The second-order valence-electron chi connectivity index (χ2n) is 5.58. The van der Waals surface area contributed by atoms with E-state index in [1.54, 1.807) is 25.1 Å². The lowest BCUT2D eigenvalue weighted by Gasteiger charge is -2.10. The average Bonchev–Trinajstić information content (AvgIpc) is 2.63. The molecule has 0 saturated carbocycles. The standard InChI is InChI=1S/C19H14ClF2N3O/c1-11-15(5-3-14(9-21)24-11)19(26)25-13-4-6-17(20)16(8-13)18-7-2-12(22)10-23-18/h2-8,10H,9H2,1H3,(H,25,26). The highest BCUT2D eigenvalue weighted by atomic mass is 35.5. The number of nitrogens with one attached hydrogen (secondary N) is 1. The number of hydrogen-bond donors (Lipinski definition) is 1. The van der Waals surface area contributed by atoms with Crippen molar-refractivity contribution in [3.63, 3.8) is 0 Å². The van der Waals surface area contributed by atoms with E-state index in [4.69, 9.17) is 11.6 Å². The summed E-state index contributed by atoms with van der Waals surface area (Å²) in [5.41, 5.74) is 2.60. The Hall–Kier alpha value is -2.86. The molecule has 1 N–H and O–H groups in total. The molecule has 0 aliphatic rings. The third-order valence-electron chi connectivity index (χ3n) is 3.75. The number of aryl methyl sites for hydroxylation is 1. The summed E-state index contributed by atoms with van der Waals surface area (Å²) >= 11 is 6.19. The van der Waals surface area contributed by atoms with Gasteiger partial charge in [0.05, 0.1) is 33.9 Å². The van der Waals surface area contributed by atoms with Gasteiger partial charge in [-0.15, -0.1) is 0 Å². The molecule has 0 aliphatic heterocycles. The van der Waals surface area contributed by atoms with E-state index in [0.29, 0.717) is 33.2 Å². The summed E-state index contributed by atoms with van der Waals surface area (Å²) in [6.07, 6.45) is 1.10. The molecule has 0 atom stereocenters. The second-order valence-corrected chi connectivity index (χ2v) is 5.99. The number of pyridine rings is 2. The van der Waals surface area contributed by atoms with Crippen LogP contribution in [0.4, 0.5) is 14.5 Å². The van der Waals surface area contributed by atoms with Crippen molar-refractivity contribution in [1.82, 2.24) is 9.97 Å². The Kier molecular flexibility index (Phi) is 5.23. The molecule has 0 spiro atoms. The number of anilines is 1. The molecule has 4 nitrogen and oxygen atoms in total. The fourth-order valence-corrected chi connectivity index (χ4v) is 2.67. The molecule has 0 bridgehead atoms. The Bertz CT molecular complexity index is 961. The van der Waals surface area contributed by atoms with Crippen molar-refractivity contribution in [3.8, 4) is 11.3 Å². The van der Waals surface area contributed by atoms with Gasteiger partial charge in [-0.3, -0.25) is 14.8 Å². The van der Waals surface area contributed by atoms with Crippen LogP contribution in [-0.4, -0.2) is 15.9 Å². The van der Waals surface area contributed by atoms with E-state index in [-0.39, 0.29) is 11.6 Å². The van der Waals surface area contributed by atoms with Crippen LogP contribution < -0.4 is 5.32 Å². The smallest absolute Gasteiger partial charge is 0.257 e. The van der Waals surface area contributed by atoms with Gasteiger partial charge in [-0.2, -0.15) is 0 Å². The van der Waals surface area contributed by atoms with Crippen LogP contribution in [0, 0.1) is 12.7 Å². The molecule has 2 heterocycles. The normalized spacial score (nSPS) is 10.6. The van der Waals surface area contributed by atoms with Crippen molar-refractivity contribution < 1.29 is 13.6 Å². The average molecular weight is 374 g/mol. The van der Waals surface area contributed by atoms with E-state index in [2.05, 4.69) is 15.3 Å². The summed E-state index contributed by atoms with van der Waals surface area (Å²) in [6.45, 7) is 0.956. The second kappa shape index (κ2) is 7.58. The number of carbonyl (C=O) groups is 1. The third kappa shape index (κ3) is 3.86. The van der Waals surface area contributed by atoms with Gasteiger partial charge in [-0.25, -0.2) is 8.78 Å². The van der Waals surface area contributed by atoms with E-state index < -0.39 is 12.5 Å². The first-order valence-corrected chi connectivity index (χ1v) is 8.11. The molecule has 0 radical (unpaired) electrons. The molecule has 0 aliphatic carbocycles. The van der Waals surface area contributed by atoms with Gasteiger partial charge in [0.1, 0.15) is 12.5 Å².